The third-order valence-electron chi connectivity index (χ3n) is 7.16. The Balaban J connectivity index is 1.45. The van der Waals surface area contributed by atoms with Crippen molar-refractivity contribution >= 4 is 28.2 Å². The molecule has 210 valence electrons. The van der Waals surface area contributed by atoms with Crippen molar-refractivity contribution in [3.05, 3.63) is 69.0 Å². The van der Waals surface area contributed by atoms with Gasteiger partial charge in [0.05, 0.1) is 39.5 Å². The van der Waals surface area contributed by atoms with Crippen LogP contribution in [0.3, 0.4) is 0 Å². The third-order valence-corrected chi connectivity index (χ3v) is 7.57. The highest BCUT2D eigenvalue weighted by molar-refractivity contribution is 7.80. The van der Waals surface area contributed by atoms with E-state index in [9.17, 15) is 4.79 Å². The van der Waals surface area contributed by atoms with Gasteiger partial charge in [-0.2, -0.15) is 0 Å². The molecule has 0 radical (unpaired) electrons. The zero-order valence-electron chi connectivity index (χ0n) is 23.5. The molecule has 0 bridgehead atoms. The van der Waals surface area contributed by atoms with E-state index in [2.05, 4.69) is 39.2 Å². The minimum absolute atomic E-state index is 0.0687. The number of nitrogens with zero attached hydrogens (tertiary/aromatic N) is 2. The highest BCUT2D eigenvalue weighted by Gasteiger charge is 2.16. The molecule has 3 aromatic rings. The Morgan fingerprint density at radius 3 is 2.62 bits per heavy atom. The second kappa shape index (κ2) is 13.8. The molecule has 8 nitrogen and oxygen atoms in total. The summed E-state index contributed by atoms with van der Waals surface area (Å²) in [5, 5.41) is 5.11. The smallest absolute Gasteiger partial charge is 0.253 e. The molecular weight excluding hydrogens is 512 g/mol. The normalized spacial score (nSPS) is 13.8. The first-order chi connectivity index (χ1) is 18.9. The average molecular weight is 553 g/mol. The molecule has 1 aliphatic heterocycles. The number of H-pyrrole nitrogens is 1. The number of aromatic amines is 1. The lowest BCUT2D eigenvalue weighted by Gasteiger charge is -2.29. The monoisotopic (exact) mass is 552 g/mol. The van der Waals surface area contributed by atoms with Crippen molar-refractivity contribution in [2.45, 2.75) is 33.2 Å². The minimum Gasteiger partial charge on any atom is -0.493 e. The van der Waals surface area contributed by atoms with E-state index < -0.39 is 0 Å². The van der Waals surface area contributed by atoms with E-state index in [1.807, 2.05) is 31.2 Å². The van der Waals surface area contributed by atoms with Crippen LogP contribution < -0.4 is 20.3 Å². The molecular formula is C30H40N4O4S. The lowest BCUT2D eigenvalue weighted by atomic mass is 10.1. The van der Waals surface area contributed by atoms with Crippen molar-refractivity contribution in [2.75, 3.05) is 60.2 Å². The molecule has 0 atom stereocenters. The van der Waals surface area contributed by atoms with Crippen molar-refractivity contribution in [3.63, 3.8) is 0 Å². The van der Waals surface area contributed by atoms with Gasteiger partial charge in [0.1, 0.15) is 0 Å². The van der Waals surface area contributed by atoms with Gasteiger partial charge in [-0.15, -0.1) is 0 Å². The Morgan fingerprint density at radius 2 is 1.87 bits per heavy atom. The van der Waals surface area contributed by atoms with Gasteiger partial charge in [0.2, 0.25) is 0 Å². The van der Waals surface area contributed by atoms with Crippen LogP contribution in [0.1, 0.15) is 28.7 Å². The predicted molar refractivity (Wildman–Crippen MR) is 160 cm³/mol. The highest BCUT2D eigenvalue weighted by atomic mass is 32.1. The lowest BCUT2D eigenvalue weighted by Crippen LogP contribution is -2.43. The summed E-state index contributed by atoms with van der Waals surface area (Å²) in [7, 11) is 3.27. The Bertz CT molecular complexity index is 1340. The van der Waals surface area contributed by atoms with Crippen LogP contribution in [0, 0.1) is 13.8 Å². The van der Waals surface area contributed by atoms with Crippen molar-refractivity contribution in [1.82, 2.24) is 20.1 Å². The summed E-state index contributed by atoms with van der Waals surface area (Å²) in [6, 6.07) is 12.2. The molecule has 2 heterocycles. The van der Waals surface area contributed by atoms with E-state index >= 15 is 0 Å². The van der Waals surface area contributed by atoms with Crippen LogP contribution in [0.2, 0.25) is 0 Å². The average Bonchev–Trinajstić information content (AvgIpc) is 2.93. The van der Waals surface area contributed by atoms with Crippen LogP contribution in [-0.2, 0) is 17.7 Å². The first-order valence-corrected chi connectivity index (χ1v) is 14.0. The minimum atomic E-state index is -0.0687. The molecule has 1 aromatic heterocycles. The molecule has 0 aliphatic carbocycles. The zero-order chi connectivity index (χ0) is 27.8. The summed E-state index contributed by atoms with van der Waals surface area (Å²) in [6.45, 7) is 10.4. The number of thiocarbonyl (C=S) groups is 1. The van der Waals surface area contributed by atoms with Crippen LogP contribution in [0.4, 0.5) is 0 Å². The molecule has 4 rings (SSSR count). The van der Waals surface area contributed by atoms with Gasteiger partial charge in [-0.05, 0) is 79.7 Å². The Kier molecular flexibility index (Phi) is 10.2. The quantitative estimate of drug-likeness (QED) is 0.348. The van der Waals surface area contributed by atoms with E-state index in [0.29, 0.717) is 35.3 Å². The van der Waals surface area contributed by atoms with Crippen molar-refractivity contribution < 1.29 is 14.2 Å². The Labute approximate surface area is 236 Å². The molecule has 9 heteroatoms. The van der Waals surface area contributed by atoms with Crippen molar-refractivity contribution in [3.8, 4) is 11.5 Å². The van der Waals surface area contributed by atoms with E-state index in [1.165, 1.54) is 5.56 Å². The summed E-state index contributed by atoms with van der Waals surface area (Å²) >= 11 is 5.85. The molecule has 1 fully saturated rings. The molecule has 0 spiro atoms. The number of ether oxygens (including phenoxy) is 3. The van der Waals surface area contributed by atoms with E-state index in [4.69, 9.17) is 26.4 Å². The number of fused-ring (bicyclic) bond motifs is 1. The number of pyridine rings is 1. The molecule has 0 saturated carbocycles. The summed E-state index contributed by atoms with van der Waals surface area (Å²) in [5.41, 5.74) is 4.90. The lowest BCUT2D eigenvalue weighted by molar-refractivity contribution is 0.0367. The zero-order valence-corrected chi connectivity index (χ0v) is 24.3. The summed E-state index contributed by atoms with van der Waals surface area (Å²) in [5.74, 6) is 1.42. The van der Waals surface area contributed by atoms with Crippen molar-refractivity contribution in [1.29, 1.82) is 0 Å². The number of nitrogens with one attached hydrogen (secondary N) is 2. The summed E-state index contributed by atoms with van der Waals surface area (Å²) in [6.07, 6.45) is 1.72. The molecule has 0 amide bonds. The van der Waals surface area contributed by atoms with Crippen molar-refractivity contribution in [2.24, 2.45) is 0 Å². The molecule has 1 aliphatic rings. The van der Waals surface area contributed by atoms with Gasteiger partial charge in [0, 0.05) is 38.3 Å². The third kappa shape index (κ3) is 7.71. The van der Waals surface area contributed by atoms with E-state index in [1.54, 1.807) is 14.2 Å². The second-order valence-electron chi connectivity index (χ2n) is 10.1. The van der Waals surface area contributed by atoms with Crippen LogP contribution in [0.5, 0.6) is 11.5 Å². The molecule has 39 heavy (non-hydrogen) atoms. The largest absolute Gasteiger partial charge is 0.493 e. The van der Waals surface area contributed by atoms with Gasteiger partial charge in [-0.25, -0.2) is 0 Å². The van der Waals surface area contributed by atoms with Crippen LogP contribution in [0.15, 0.2) is 41.2 Å². The number of rotatable bonds is 11. The number of methoxy groups -OCH3 is 2. The first-order valence-electron chi connectivity index (χ1n) is 13.5. The van der Waals surface area contributed by atoms with E-state index in [0.717, 1.165) is 74.3 Å². The fourth-order valence-electron chi connectivity index (χ4n) is 5.08. The maximum Gasteiger partial charge on any atom is 0.253 e. The SMILES string of the molecule is COc1ccc(CCNC(=S)N(CCCN2CCOCC2)Cc2cc3cc(C)cc(C)c3[nH]c2=O)cc1OC. The van der Waals surface area contributed by atoms with Gasteiger partial charge in [-0.1, -0.05) is 17.7 Å². The number of hydrogen-bond donors (Lipinski definition) is 2. The molecule has 1 saturated heterocycles. The predicted octanol–water partition coefficient (Wildman–Crippen LogP) is 3.80. The van der Waals surface area contributed by atoms with Crippen LogP contribution in [0.25, 0.3) is 10.9 Å². The standard InChI is InChI=1S/C30H40N4O4S/c1-21-16-22(2)28-24(17-21)19-25(29(35)32-28)20-34(11-5-10-33-12-14-38-15-13-33)30(39)31-9-8-23-6-7-26(36-3)27(18-23)37-4/h6-7,16-19H,5,8-15,20H2,1-4H3,(H,31,39)(H,32,35). The molecule has 2 N–H and O–H groups in total. The molecule has 0 unspecified atom stereocenters. The second-order valence-corrected chi connectivity index (χ2v) is 10.5. The van der Waals surface area contributed by atoms with Gasteiger partial charge >= 0.3 is 0 Å². The number of hydrogen-bond acceptors (Lipinski definition) is 6. The summed E-state index contributed by atoms with van der Waals surface area (Å²) < 4.78 is 16.3. The van der Waals surface area contributed by atoms with Crippen LogP contribution in [-0.4, -0.2) is 80.1 Å². The number of aromatic nitrogens is 1. The van der Waals surface area contributed by atoms with Gasteiger partial charge in [-0.3, -0.25) is 9.69 Å². The highest BCUT2D eigenvalue weighted by Crippen LogP contribution is 2.27. The fourth-order valence-corrected chi connectivity index (χ4v) is 5.34. The van der Waals surface area contributed by atoms with E-state index in [-0.39, 0.29) is 5.56 Å². The molecule has 2 aromatic carbocycles. The Hall–Kier alpha value is -3.14. The van der Waals surface area contributed by atoms with Gasteiger partial charge in [0.25, 0.3) is 5.56 Å². The van der Waals surface area contributed by atoms with Gasteiger partial charge in [0.15, 0.2) is 16.6 Å². The van der Waals surface area contributed by atoms with Gasteiger partial charge < -0.3 is 29.4 Å². The number of aryl methyl sites for hydroxylation is 2. The Morgan fingerprint density at radius 1 is 1.10 bits per heavy atom. The topological polar surface area (TPSA) is 79.1 Å². The summed E-state index contributed by atoms with van der Waals surface area (Å²) in [4.78, 5) is 20.7. The maximum atomic E-state index is 13.1. The maximum absolute atomic E-state index is 13.1. The number of benzene rings is 2. The van der Waals surface area contributed by atoms with Crippen LogP contribution >= 0.6 is 12.2 Å². The fraction of sp³-hybridized carbons (Fsp3) is 0.467. The number of morpholine rings is 1. The first kappa shape index (κ1) is 28.9.